The third-order valence-electron chi connectivity index (χ3n) is 3.23. The number of carbonyl (C=O) groups is 2. The number of hydrogen-bond acceptors (Lipinski definition) is 3. The highest BCUT2D eigenvalue weighted by atomic mass is 16.5. The maximum absolute atomic E-state index is 11.2. The number of carbonyl (C=O) groups excluding carboxylic acids is 2. The van der Waals surface area contributed by atoms with Gasteiger partial charge in [-0.2, -0.15) is 0 Å². The van der Waals surface area contributed by atoms with E-state index in [1.807, 2.05) is 0 Å². The topological polar surface area (TPSA) is 55.4 Å². The monoisotopic (exact) mass is 247 g/mol. The van der Waals surface area contributed by atoms with Gasteiger partial charge in [0.05, 0.1) is 7.11 Å². The predicted molar refractivity (Wildman–Crippen MR) is 67.2 cm³/mol. The number of rotatable bonds is 3. The summed E-state index contributed by atoms with van der Waals surface area (Å²) in [6.07, 6.45) is 4.29. The molecule has 1 amide bonds. The molecular weight excluding hydrogens is 230 g/mol. The maximum atomic E-state index is 11.2. The minimum absolute atomic E-state index is 0.451. The lowest BCUT2D eigenvalue weighted by molar-refractivity contribution is -0.152. The molecule has 0 saturated carbocycles. The van der Waals surface area contributed by atoms with E-state index in [0.717, 1.165) is 12.8 Å². The van der Waals surface area contributed by atoms with Crippen LogP contribution in [0.15, 0.2) is 18.2 Å². The standard InChI is InChI=1S/C14H17NO3/c1-18-14(17)13(16)15-8-7-10-5-6-11-3-2-4-12(11)9-10/h5-6,9H,2-4,7-8H2,1H3,(H,15,16). The highest BCUT2D eigenvalue weighted by Gasteiger charge is 2.13. The van der Waals surface area contributed by atoms with Crippen LogP contribution in [0.3, 0.4) is 0 Å². The Bertz CT molecular complexity index is 468. The molecule has 0 unspecified atom stereocenters. The van der Waals surface area contributed by atoms with Crippen LogP contribution in [0.2, 0.25) is 0 Å². The normalized spacial score (nSPS) is 12.9. The summed E-state index contributed by atoms with van der Waals surface area (Å²) in [6.45, 7) is 0.451. The van der Waals surface area contributed by atoms with Crippen molar-refractivity contribution in [2.75, 3.05) is 13.7 Å². The van der Waals surface area contributed by atoms with E-state index in [0.29, 0.717) is 6.54 Å². The zero-order chi connectivity index (χ0) is 13.0. The van der Waals surface area contributed by atoms with Gasteiger partial charge in [-0.05, 0) is 42.4 Å². The van der Waals surface area contributed by atoms with Crippen LogP contribution in [0.1, 0.15) is 23.1 Å². The van der Waals surface area contributed by atoms with Crippen molar-refractivity contribution < 1.29 is 14.3 Å². The molecule has 0 bridgehead atoms. The van der Waals surface area contributed by atoms with Crippen LogP contribution in [0.25, 0.3) is 0 Å². The quantitative estimate of drug-likeness (QED) is 0.640. The molecule has 0 saturated heterocycles. The molecule has 18 heavy (non-hydrogen) atoms. The molecule has 4 nitrogen and oxygen atoms in total. The fourth-order valence-electron chi connectivity index (χ4n) is 2.27. The van der Waals surface area contributed by atoms with E-state index < -0.39 is 11.9 Å². The number of hydrogen-bond donors (Lipinski definition) is 1. The average molecular weight is 247 g/mol. The summed E-state index contributed by atoms with van der Waals surface area (Å²) < 4.78 is 4.32. The number of fused-ring (bicyclic) bond motifs is 1. The van der Waals surface area contributed by atoms with Crippen LogP contribution in [0.5, 0.6) is 0 Å². The SMILES string of the molecule is COC(=O)C(=O)NCCc1ccc2c(c1)CCC2. The number of aryl methyl sites for hydroxylation is 2. The Balaban J connectivity index is 1.84. The molecule has 1 aliphatic carbocycles. The third kappa shape index (κ3) is 2.88. The Hall–Kier alpha value is -1.84. The first-order valence-corrected chi connectivity index (χ1v) is 6.17. The first kappa shape index (κ1) is 12.6. The van der Waals surface area contributed by atoms with Crippen molar-refractivity contribution in [3.05, 3.63) is 34.9 Å². The molecule has 1 aromatic rings. The van der Waals surface area contributed by atoms with Crippen LogP contribution >= 0.6 is 0 Å². The Morgan fingerprint density at radius 2 is 2.06 bits per heavy atom. The average Bonchev–Trinajstić information content (AvgIpc) is 2.85. The smallest absolute Gasteiger partial charge is 0.396 e. The van der Waals surface area contributed by atoms with Crippen molar-refractivity contribution in [1.82, 2.24) is 5.32 Å². The summed E-state index contributed by atoms with van der Waals surface area (Å²) >= 11 is 0. The van der Waals surface area contributed by atoms with Crippen molar-refractivity contribution in [2.24, 2.45) is 0 Å². The number of nitrogens with one attached hydrogen (secondary N) is 1. The summed E-state index contributed by atoms with van der Waals surface area (Å²) in [5, 5.41) is 2.54. The van der Waals surface area contributed by atoms with Gasteiger partial charge < -0.3 is 10.1 Å². The van der Waals surface area contributed by atoms with E-state index in [9.17, 15) is 9.59 Å². The minimum Gasteiger partial charge on any atom is -0.462 e. The Morgan fingerprint density at radius 1 is 1.28 bits per heavy atom. The molecule has 96 valence electrons. The number of ether oxygens (including phenoxy) is 1. The van der Waals surface area contributed by atoms with Gasteiger partial charge in [0.2, 0.25) is 0 Å². The molecule has 1 aromatic carbocycles. The van der Waals surface area contributed by atoms with Crippen molar-refractivity contribution in [2.45, 2.75) is 25.7 Å². The molecule has 1 aliphatic rings. The van der Waals surface area contributed by atoms with Gasteiger partial charge in [-0.3, -0.25) is 4.79 Å². The van der Waals surface area contributed by atoms with Gasteiger partial charge >= 0.3 is 11.9 Å². The summed E-state index contributed by atoms with van der Waals surface area (Å²) in [7, 11) is 1.20. The van der Waals surface area contributed by atoms with Crippen LogP contribution in [-0.4, -0.2) is 25.5 Å². The van der Waals surface area contributed by atoms with E-state index in [1.165, 1.54) is 36.6 Å². The van der Waals surface area contributed by atoms with Crippen molar-refractivity contribution in [1.29, 1.82) is 0 Å². The summed E-state index contributed by atoms with van der Waals surface area (Å²) in [6, 6.07) is 6.46. The maximum Gasteiger partial charge on any atom is 0.396 e. The van der Waals surface area contributed by atoms with Gasteiger partial charge in [-0.25, -0.2) is 4.79 Å². The minimum atomic E-state index is -0.844. The van der Waals surface area contributed by atoms with Crippen molar-refractivity contribution in [3.63, 3.8) is 0 Å². The molecule has 0 fully saturated rings. The fraction of sp³-hybridized carbons (Fsp3) is 0.429. The van der Waals surface area contributed by atoms with E-state index in [2.05, 4.69) is 28.3 Å². The molecule has 0 spiro atoms. The molecule has 0 atom stereocenters. The number of esters is 1. The zero-order valence-corrected chi connectivity index (χ0v) is 10.5. The summed E-state index contributed by atoms with van der Waals surface area (Å²) in [5.41, 5.74) is 4.06. The van der Waals surface area contributed by atoms with E-state index >= 15 is 0 Å². The van der Waals surface area contributed by atoms with Gasteiger partial charge in [-0.15, -0.1) is 0 Å². The van der Waals surface area contributed by atoms with Crippen LogP contribution in [0, 0.1) is 0 Å². The Kier molecular flexibility index (Phi) is 3.97. The predicted octanol–water partition coefficient (Wildman–Crippen LogP) is 1.01. The van der Waals surface area contributed by atoms with Gasteiger partial charge in [0.1, 0.15) is 0 Å². The van der Waals surface area contributed by atoms with Gasteiger partial charge in [0.15, 0.2) is 0 Å². The molecular formula is C14H17NO3. The second kappa shape index (κ2) is 5.67. The summed E-state index contributed by atoms with van der Waals surface area (Å²) in [5.74, 6) is -1.53. The number of amides is 1. The molecule has 0 radical (unpaired) electrons. The molecule has 0 aromatic heterocycles. The highest BCUT2D eigenvalue weighted by Crippen LogP contribution is 2.22. The molecule has 1 N–H and O–H groups in total. The number of methoxy groups -OCH3 is 1. The van der Waals surface area contributed by atoms with Crippen molar-refractivity contribution >= 4 is 11.9 Å². The number of benzene rings is 1. The molecule has 4 heteroatoms. The Labute approximate surface area is 106 Å². The van der Waals surface area contributed by atoms with Gasteiger partial charge in [0, 0.05) is 6.54 Å². The van der Waals surface area contributed by atoms with E-state index in [1.54, 1.807) is 0 Å². The lowest BCUT2D eigenvalue weighted by Gasteiger charge is -2.06. The largest absolute Gasteiger partial charge is 0.462 e. The third-order valence-corrected chi connectivity index (χ3v) is 3.23. The van der Waals surface area contributed by atoms with Gasteiger partial charge in [0.25, 0.3) is 0 Å². The molecule has 0 aliphatic heterocycles. The first-order valence-electron chi connectivity index (χ1n) is 6.17. The zero-order valence-electron chi connectivity index (χ0n) is 10.5. The van der Waals surface area contributed by atoms with Crippen LogP contribution in [-0.2, 0) is 33.6 Å². The van der Waals surface area contributed by atoms with Crippen LogP contribution < -0.4 is 5.32 Å². The molecule has 2 rings (SSSR count). The van der Waals surface area contributed by atoms with E-state index in [-0.39, 0.29) is 0 Å². The van der Waals surface area contributed by atoms with Crippen molar-refractivity contribution in [3.8, 4) is 0 Å². The van der Waals surface area contributed by atoms with E-state index in [4.69, 9.17) is 0 Å². The first-order chi connectivity index (χ1) is 8.70. The lowest BCUT2D eigenvalue weighted by atomic mass is 10.0. The lowest BCUT2D eigenvalue weighted by Crippen LogP contribution is -2.33. The van der Waals surface area contributed by atoms with Gasteiger partial charge in [-0.1, -0.05) is 18.2 Å². The summed E-state index contributed by atoms with van der Waals surface area (Å²) in [4.78, 5) is 22.0. The fourth-order valence-corrected chi connectivity index (χ4v) is 2.27. The Morgan fingerprint density at radius 3 is 2.83 bits per heavy atom. The second-order valence-corrected chi connectivity index (χ2v) is 4.45. The second-order valence-electron chi connectivity index (χ2n) is 4.45. The highest BCUT2D eigenvalue weighted by molar-refractivity contribution is 6.32. The van der Waals surface area contributed by atoms with Crippen LogP contribution in [0.4, 0.5) is 0 Å². The molecule has 0 heterocycles.